The highest BCUT2D eigenvalue weighted by atomic mass is 19.4. The molecule has 20 heteroatoms. The van der Waals surface area contributed by atoms with E-state index < -0.39 is 98.1 Å². The number of alkyl halides is 20. The molecular weight excluding hydrogens is 572 g/mol. The molecule has 0 rings (SSSR count). The zero-order chi connectivity index (χ0) is 29.4. The standard InChI is InChI=1S/C16H12F20/c17-9(18,5-10(19,20)6-11(21,15(31,32)33)16(34,35)36)4-8(14(28,29)30)3-7(13(25,26)27)1-2-12(22,23)24/h1-2,7-8H,3-6H2. The van der Waals surface area contributed by atoms with Gasteiger partial charge in [0, 0.05) is 12.5 Å². The summed E-state index contributed by atoms with van der Waals surface area (Å²) in [4.78, 5) is 0. The molecule has 0 nitrogen and oxygen atoms in total. The molecule has 0 heterocycles. The SMILES string of the molecule is FC(F)(F)C=CC(CC(CC(F)(F)CC(F)(F)CC(F)(C(F)(F)F)C(F)(F)F)C(F)(F)F)C(F)(F)F. The van der Waals surface area contributed by atoms with Crippen molar-refractivity contribution in [2.24, 2.45) is 11.8 Å². The van der Waals surface area contributed by atoms with E-state index >= 15 is 0 Å². The van der Waals surface area contributed by atoms with Gasteiger partial charge in [0.15, 0.2) is 0 Å². The van der Waals surface area contributed by atoms with Crippen molar-refractivity contribution in [2.75, 3.05) is 0 Å². The first-order chi connectivity index (χ1) is 15.3. The van der Waals surface area contributed by atoms with Crippen LogP contribution < -0.4 is 0 Å². The van der Waals surface area contributed by atoms with Crippen LogP contribution >= 0.6 is 0 Å². The molecule has 0 radical (unpaired) electrons. The fourth-order valence-corrected chi connectivity index (χ4v) is 2.78. The molecule has 2 unspecified atom stereocenters. The summed E-state index contributed by atoms with van der Waals surface area (Å²) in [6.45, 7) is 0. The molecule has 36 heavy (non-hydrogen) atoms. The van der Waals surface area contributed by atoms with Crippen LogP contribution in [0.15, 0.2) is 12.2 Å². The van der Waals surface area contributed by atoms with Gasteiger partial charge in [-0.2, -0.15) is 65.9 Å². The van der Waals surface area contributed by atoms with E-state index in [1.165, 1.54) is 0 Å². The Kier molecular flexibility index (Phi) is 9.77. The van der Waals surface area contributed by atoms with E-state index in [9.17, 15) is 87.8 Å². The lowest BCUT2D eigenvalue weighted by Crippen LogP contribution is -2.56. The first kappa shape index (κ1) is 34.3. The van der Waals surface area contributed by atoms with Gasteiger partial charge < -0.3 is 0 Å². The Morgan fingerprint density at radius 3 is 1.22 bits per heavy atom. The first-order valence-electron chi connectivity index (χ1n) is 8.80. The van der Waals surface area contributed by atoms with Gasteiger partial charge in [-0.1, -0.05) is 6.08 Å². The first-order valence-corrected chi connectivity index (χ1v) is 8.80. The molecule has 0 aromatic rings. The van der Waals surface area contributed by atoms with Crippen molar-refractivity contribution in [3.8, 4) is 0 Å². The highest BCUT2D eigenvalue weighted by Crippen LogP contribution is 2.53. The van der Waals surface area contributed by atoms with Crippen molar-refractivity contribution in [1.29, 1.82) is 0 Å². The fraction of sp³-hybridized carbons (Fsp3) is 0.875. The van der Waals surface area contributed by atoms with E-state index in [1.54, 1.807) is 0 Å². The smallest absolute Gasteiger partial charge is 0.223 e. The number of hydrogen-bond donors (Lipinski definition) is 0. The minimum atomic E-state index is -7.15. The van der Waals surface area contributed by atoms with E-state index in [2.05, 4.69) is 0 Å². The Labute approximate surface area is 187 Å². The summed E-state index contributed by atoms with van der Waals surface area (Å²) in [5, 5.41) is 0. The van der Waals surface area contributed by atoms with Gasteiger partial charge in [0.05, 0.1) is 24.7 Å². The maximum absolute atomic E-state index is 13.8. The number of rotatable bonds is 9. The Balaban J connectivity index is 6.03. The summed E-state index contributed by atoms with van der Waals surface area (Å²) in [7, 11) is 0. The van der Waals surface area contributed by atoms with Crippen LogP contribution in [-0.2, 0) is 0 Å². The lowest BCUT2D eigenvalue weighted by atomic mass is 9.85. The predicted molar refractivity (Wildman–Crippen MR) is 78.6 cm³/mol. The molecule has 0 aliphatic carbocycles. The number of hydrogen-bond acceptors (Lipinski definition) is 0. The van der Waals surface area contributed by atoms with Crippen LogP contribution in [0.25, 0.3) is 0 Å². The summed E-state index contributed by atoms with van der Waals surface area (Å²) >= 11 is 0. The lowest BCUT2D eigenvalue weighted by Gasteiger charge is -2.34. The molecular formula is C16H12F20. The molecule has 0 N–H and O–H groups in total. The van der Waals surface area contributed by atoms with E-state index in [-0.39, 0.29) is 0 Å². The van der Waals surface area contributed by atoms with Crippen LogP contribution in [0.5, 0.6) is 0 Å². The van der Waals surface area contributed by atoms with E-state index in [0.717, 1.165) is 0 Å². The lowest BCUT2D eigenvalue weighted by molar-refractivity contribution is -0.356. The molecule has 0 saturated heterocycles. The zero-order valence-electron chi connectivity index (χ0n) is 16.7. The summed E-state index contributed by atoms with van der Waals surface area (Å²) in [5.41, 5.74) is -6.80. The van der Waals surface area contributed by atoms with Gasteiger partial charge in [-0.05, 0) is 6.42 Å². The third-order valence-corrected chi connectivity index (χ3v) is 4.40. The van der Waals surface area contributed by atoms with Crippen molar-refractivity contribution in [2.45, 2.75) is 74.1 Å². The third kappa shape index (κ3) is 10.4. The van der Waals surface area contributed by atoms with Crippen LogP contribution in [-0.4, -0.2) is 48.4 Å². The normalized spacial score (nSPS) is 17.6. The Morgan fingerprint density at radius 1 is 0.500 bits per heavy atom. The predicted octanol–water partition coefficient (Wildman–Crippen LogP) is 9.13. The molecule has 2 atom stereocenters. The van der Waals surface area contributed by atoms with E-state index in [0.29, 0.717) is 0 Å². The minimum Gasteiger partial charge on any atom is -0.223 e. The van der Waals surface area contributed by atoms with Crippen molar-refractivity contribution < 1.29 is 87.8 Å². The number of halogens is 20. The Morgan fingerprint density at radius 2 is 0.917 bits per heavy atom. The highest BCUT2D eigenvalue weighted by Gasteiger charge is 2.75. The molecule has 0 saturated carbocycles. The summed E-state index contributed by atoms with van der Waals surface area (Å²) < 4.78 is 256. The van der Waals surface area contributed by atoms with Crippen LogP contribution in [0.4, 0.5) is 87.8 Å². The monoisotopic (exact) mass is 584 g/mol. The maximum atomic E-state index is 13.8. The van der Waals surface area contributed by atoms with Gasteiger partial charge in [-0.3, -0.25) is 0 Å². The molecule has 0 aliphatic rings. The average Bonchev–Trinajstić information content (AvgIpc) is 2.50. The van der Waals surface area contributed by atoms with Crippen LogP contribution in [0.2, 0.25) is 0 Å². The highest BCUT2D eigenvalue weighted by molar-refractivity contribution is 5.00. The molecule has 0 aliphatic heterocycles. The second kappa shape index (κ2) is 10.2. The topological polar surface area (TPSA) is 0 Å². The Bertz CT molecular complexity index is 713. The van der Waals surface area contributed by atoms with Gasteiger partial charge in [0.1, 0.15) is 0 Å². The van der Waals surface area contributed by atoms with Gasteiger partial charge in [0.25, 0.3) is 11.8 Å². The molecule has 0 aromatic carbocycles. The maximum Gasteiger partial charge on any atom is 0.431 e. The van der Waals surface area contributed by atoms with E-state index in [1.807, 2.05) is 0 Å². The minimum absolute atomic E-state index is 0.893. The number of allylic oxidation sites excluding steroid dienone is 2. The van der Waals surface area contributed by atoms with Gasteiger partial charge in [0.2, 0.25) is 0 Å². The molecule has 0 aromatic heterocycles. The van der Waals surface area contributed by atoms with Crippen LogP contribution in [0, 0.1) is 11.8 Å². The molecule has 216 valence electrons. The summed E-state index contributed by atoms with van der Waals surface area (Å²) in [6.07, 6.45) is -47.4. The largest absolute Gasteiger partial charge is 0.431 e. The summed E-state index contributed by atoms with van der Waals surface area (Å²) in [6, 6.07) is 0. The van der Waals surface area contributed by atoms with Gasteiger partial charge in [-0.15, -0.1) is 0 Å². The second-order valence-electron chi connectivity index (χ2n) is 7.59. The average molecular weight is 584 g/mol. The fourth-order valence-electron chi connectivity index (χ4n) is 2.78. The van der Waals surface area contributed by atoms with Gasteiger partial charge >= 0.3 is 36.6 Å². The molecule has 0 amide bonds. The summed E-state index contributed by atoms with van der Waals surface area (Å²) in [5.74, 6) is -19.4. The zero-order valence-corrected chi connectivity index (χ0v) is 16.7. The van der Waals surface area contributed by atoms with E-state index in [4.69, 9.17) is 0 Å². The molecule has 0 bridgehead atoms. The van der Waals surface area contributed by atoms with Crippen LogP contribution in [0.3, 0.4) is 0 Å². The van der Waals surface area contributed by atoms with Crippen molar-refractivity contribution in [3.63, 3.8) is 0 Å². The third-order valence-electron chi connectivity index (χ3n) is 4.40. The molecule has 0 fully saturated rings. The van der Waals surface area contributed by atoms with Crippen molar-refractivity contribution in [3.05, 3.63) is 12.2 Å². The van der Waals surface area contributed by atoms with Gasteiger partial charge in [-0.25, -0.2) is 22.0 Å². The molecule has 0 spiro atoms. The van der Waals surface area contributed by atoms with Crippen molar-refractivity contribution in [1.82, 2.24) is 0 Å². The van der Waals surface area contributed by atoms with Crippen molar-refractivity contribution >= 4 is 0 Å². The Hall–Kier alpha value is -1.66. The van der Waals surface area contributed by atoms with Crippen LogP contribution in [0.1, 0.15) is 25.7 Å². The second-order valence-corrected chi connectivity index (χ2v) is 7.59. The quantitative estimate of drug-likeness (QED) is 0.187.